The van der Waals surface area contributed by atoms with Crippen molar-refractivity contribution >= 4 is 17.5 Å². The summed E-state index contributed by atoms with van der Waals surface area (Å²) in [5.41, 5.74) is 1.71. The summed E-state index contributed by atoms with van der Waals surface area (Å²) in [5, 5.41) is 11.2. The number of aliphatic hydroxyl groups excluding tert-OH is 1. The summed E-state index contributed by atoms with van der Waals surface area (Å²) in [6.07, 6.45) is -0.557. The van der Waals surface area contributed by atoms with Crippen LogP contribution in [0.4, 0.5) is 0 Å². The van der Waals surface area contributed by atoms with Crippen LogP contribution >= 0.6 is 11.6 Å². The quantitative estimate of drug-likeness (QED) is 0.854. The second-order valence-electron chi connectivity index (χ2n) is 5.91. The summed E-state index contributed by atoms with van der Waals surface area (Å²) >= 11 is 6.10. The predicted octanol–water partition coefficient (Wildman–Crippen LogP) is 3.07. The molecule has 122 valence electrons. The molecule has 0 radical (unpaired) electrons. The number of aliphatic hydroxyl groups is 1. The summed E-state index contributed by atoms with van der Waals surface area (Å²) < 4.78 is 0. The van der Waals surface area contributed by atoms with Crippen LogP contribution in [0.3, 0.4) is 0 Å². The van der Waals surface area contributed by atoms with Gasteiger partial charge in [0.05, 0.1) is 11.1 Å². The molecule has 3 rings (SSSR count). The van der Waals surface area contributed by atoms with E-state index in [0.29, 0.717) is 17.0 Å². The molecule has 1 saturated heterocycles. The highest BCUT2D eigenvalue weighted by molar-refractivity contribution is 6.31. The van der Waals surface area contributed by atoms with Gasteiger partial charge in [0.1, 0.15) is 6.10 Å². The van der Waals surface area contributed by atoms with Crippen molar-refractivity contribution < 1.29 is 9.90 Å². The van der Waals surface area contributed by atoms with Crippen LogP contribution in [-0.4, -0.2) is 35.1 Å². The SMILES string of the molecule is CN1C(=O)C[C@H](c2ccccc2)[C@@H]1[C@@H](O)C#Cc1ccccc1Cl. The van der Waals surface area contributed by atoms with Gasteiger partial charge in [-0.1, -0.05) is 65.9 Å². The molecule has 0 aliphatic carbocycles. The summed E-state index contributed by atoms with van der Waals surface area (Å²) in [7, 11) is 1.72. The lowest BCUT2D eigenvalue weighted by molar-refractivity contribution is -0.128. The Bertz CT molecular complexity index is 794. The maximum Gasteiger partial charge on any atom is 0.223 e. The van der Waals surface area contributed by atoms with Crippen molar-refractivity contribution in [3.63, 3.8) is 0 Å². The first kappa shape index (κ1) is 16.6. The van der Waals surface area contributed by atoms with E-state index in [2.05, 4.69) is 11.8 Å². The van der Waals surface area contributed by atoms with Gasteiger partial charge in [-0.25, -0.2) is 0 Å². The van der Waals surface area contributed by atoms with Crippen LogP contribution in [0, 0.1) is 11.8 Å². The van der Waals surface area contributed by atoms with Gasteiger partial charge in [0.25, 0.3) is 0 Å². The number of carbonyl (C=O) groups excluding carboxylic acids is 1. The van der Waals surface area contributed by atoms with Crippen LogP contribution in [0.5, 0.6) is 0 Å². The van der Waals surface area contributed by atoms with E-state index in [1.807, 2.05) is 42.5 Å². The van der Waals surface area contributed by atoms with Gasteiger partial charge in [-0.05, 0) is 17.7 Å². The Balaban J connectivity index is 1.88. The minimum atomic E-state index is -0.942. The molecule has 2 aromatic carbocycles. The molecular formula is C20H18ClNO2. The zero-order valence-electron chi connectivity index (χ0n) is 13.3. The van der Waals surface area contributed by atoms with Gasteiger partial charge in [-0.2, -0.15) is 0 Å². The van der Waals surface area contributed by atoms with Crippen molar-refractivity contribution in [3.8, 4) is 11.8 Å². The largest absolute Gasteiger partial charge is 0.378 e. The number of nitrogens with zero attached hydrogens (tertiary/aromatic N) is 1. The Morgan fingerprint density at radius 1 is 1.17 bits per heavy atom. The minimum Gasteiger partial charge on any atom is -0.378 e. The van der Waals surface area contributed by atoms with Crippen molar-refractivity contribution in [2.75, 3.05) is 7.05 Å². The number of hydrogen-bond acceptors (Lipinski definition) is 2. The van der Waals surface area contributed by atoms with Gasteiger partial charge in [0.2, 0.25) is 5.91 Å². The molecule has 1 amide bonds. The average Bonchev–Trinajstić information content (AvgIpc) is 2.90. The molecule has 1 aliphatic rings. The smallest absolute Gasteiger partial charge is 0.223 e. The van der Waals surface area contributed by atoms with Crippen LogP contribution in [0.25, 0.3) is 0 Å². The van der Waals surface area contributed by atoms with Gasteiger partial charge in [0, 0.05) is 24.9 Å². The molecule has 0 saturated carbocycles. The van der Waals surface area contributed by atoms with Gasteiger partial charge in [-0.15, -0.1) is 0 Å². The number of amides is 1. The van der Waals surface area contributed by atoms with Gasteiger partial charge in [0.15, 0.2) is 0 Å². The third kappa shape index (κ3) is 3.31. The Morgan fingerprint density at radius 3 is 2.54 bits per heavy atom. The van der Waals surface area contributed by atoms with Crippen molar-refractivity contribution in [2.45, 2.75) is 24.5 Å². The monoisotopic (exact) mass is 339 g/mol. The molecule has 1 aliphatic heterocycles. The Morgan fingerprint density at radius 2 is 1.83 bits per heavy atom. The molecular weight excluding hydrogens is 322 g/mol. The number of hydrogen-bond donors (Lipinski definition) is 1. The van der Waals surface area contributed by atoms with Gasteiger partial charge in [-0.3, -0.25) is 4.79 Å². The highest BCUT2D eigenvalue weighted by atomic mass is 35.5. The van der Waals surface area contributed by atoms with E-state index in [1.54, 1.807) is 24.1 Å². The highest BCUT2D eigenvalue weighted by Crippen LogP contribution is 2.35. The van der Waals surface area contributed by atoms with Crippen LogP contribution in [0.2, 0.25) is 5.02 Å². The molecule has 3 atom stereocenters. The maximum absolute atomic E-state index is 12.1. The van der Waals surface area contributed by atoms with E-state index in [4.69, 9.17) is 11.6 Å². The molecule has 0 aromatic heterocycles. The van der Waals surface area contributed by atoms with E-state index < -0.39 is 6.10 Å². The molecule has 24 heavy (non-hydrogen) atoms. The number of halogens is 1. The van der Waals surface area contributed by atoms with Gasteiger partial charge >= 0.3 is 0 Å². The van der Waals surface area contributed by atoms with Crippen LogP contribution in [0.15, 0.2) is 54.6 Å². The average molecular weight is 340 g/mol. The fourth-order valence-corrected chi connectivity index (χ4v) is 3.32. The van der Waals surface area contributed by atoms with Crippen molar-refractivity contribution in [2.24, 2.45) is 0 Å². The predicted molar refractivity (Wildman–Crippen MR) is 94.7 cm³/mol. The van der Waals surface area contributed by atoms with Crippen LogP contribution < -0.4 is 0 Å². The van der Waals surface area contributed by atoms with Crippen molar-refractivity contribution in [3.05, 3.63) is 70.7 Å². The molecule has 0 bridgehead atoms. The Hall–Kier alpha value is -2.28. The lowest BCUT2D eigenvalue weighted by Crippen LogP contribution is -2.40. The van der Waals surface area contributed by atoms with E-state index in [0.717, 1.165) is 5.56 Å². The molecule has 0 spiro atoms. The standard InChI is InChI=1S/C20H18ClNO2/c1-22-19(24)13-16(14-7-3-2-4-8-14)20(22)18(23)12-11-15-9-5-6-10-17(15)21/h2-10,16,18,20,23H,13H2,1H3/t16-,18+,20-/m1/s1. The number of rotatable bonds is 2. The lowest BCUT2D eigenvalue weighted by atomic mass is 9.88. The second-order valence-corrected chi connectivity index (χ2v) is 6.32. The first-order valence-corrected chi connectivity index (χ1v) is 8.20. The molecule has 2 aromatic rings. The first-order chi connectivity index (χ1) is 11.6. The summed E-state index contributed by atoms with van der Waals surface area (Å²) in [4.78, 5) is 13.7. The van der Waals surface area contributed by atoms with Crippen molar-refractivity contribution in [1.29, 1.82) is 0 Å². The molecule has 1 N–H and O–H groups in total. The zero-order chi connectivity index (χ0) is 17.1. The molecule has 1 fully saturated rings. The lowest BCUT2D eigenvalue weighted by Gasteiger charge is -2.27. The highest BCUT2D eigenvalue weighted by Gasteiger charge is 2.41. The zero-order valence-corrected chi connectivity index (χ0v) is 14.1. The fraction of sp³-hybridized carbons (Fsp3) is 0.250. The van der Waals surface area contributed by atoms with Crippen LogP contribution in [0.1, 0.15) is 23.5 Å². The minimum absolute atomic E-state index is 0.0208. The van der Waals surface area contributed by atoms with E-state index in [1.165, 1.54) is 0 Å². The maximum atomic E-state index is 12.1. The molecule has 1 heterocycles. The number of carbonyl (C=O) groups is 1. The number of benzene rings is 2. The second kappa shape index (κ2) is 7.09. The van der Waals surface area contributed by atoms with E-state index in [9.17, 15) is 9.90 Å². The third-order valence-electron chi connectivity index (χ3n) is 4.43. The van der Waals surface area contributed by atoms with E-state index in [-0.39, 0.29) is 17.9 Å². The third-order valence-corrected chi connectivity index (χ3v) is 4.76. The van der Waals surface area contributed by atoms with E-state index >= 15 is 0 Å². The topological polar surface area (TPSA) is 40.5 Å². The first-order valence-electron chi connectivity index (χ1n) is 7.82. The Kier molecular flexibility index (Phi) is 4.89. The number of likely N-dealkylation sites (tertiary alicyclic amines) is 1. The molecule has 0 unspecified atom stereocenters. The van der Waals surface area contributed by atoms with Gasteiger partial charge < -0.3 is 10.0 Å². The normalized spacial score (nSPS) is 21.3. The number of likely N-dealkylation sites (N-methyl/N-ethyl adjacent to an activating group) is 1. The van der Waals surface area contributed by atoms with Crippen LogP contribution in [-0.2, 0) is 4.79 Å². The molecule has 3 nitrogen and oxygen atoms in total. The molecule has 4 heteroatoms. The summed E-state index contributed by atoms with van der Waals surface area (Å²) in [5.74, 6) is 5.74. The summed E-state index contributed by atoms with van der Waals surface area (Å²) in [6.45, 7) is 0. The Labute approximate surface area is 146 Å². The van der Waals surface area contributed by atoms with Crippen molar-refractivity contribution in [1.82, 2.24) is 4.90 Å². The summed E-state index contributed by atoms with van der Waals surface area (Å²) in [6, 6.07) is 16.7. The fourth-order valence-electron chi connectivity index (χ4n) is 3.14.